The van der Waals surface area contributed by atoms with Crippen LogP contribution in [0.5, 0.6) is 0 Å². The molecule has 0 aliphatic carbocycles. The molecule has 1 aliphatic heterocycles. The summed E-state index contributed by atoms with van der Waals surface area (Å²) in [7, 11) is 0. The van der Waals surface area contributed by atoms with Crippen molar-refractivity contribution in [1.29, 1.82) is 0 Å². The molecule has 100 valence electrons. The first-order chi connectivity index (χ1) is 8.39. The molecule has 1 fully saturated rings. The Balaban J connectivity index is 2.35. The van der Waals surface area contributed by atoms with Gasteiger partial charge in [-0.3, -0.25) is 0 Å². The summed E-state index contributed by atoms with van der Waals surface area (Å²) in [6.07, 6.45) is 1.22. The predicted molar refractivity (Wildman–Crippen MR) is 79.6 cm³/mol. The van der Waals surface area contributed by atoms with Gasteiger partial charge in [0.25, 0.3) is 0 Å². The van der Waals surface area contributed by atoms with Crippen molar-refractivity contribution in [3.05, 3.63) is 28.8 Å². The highest BCUT2D eigenvalue weighted by molar-refractivity contribution is 5.60. The van der Waals surface area contributed by atoms with Crippen LogP contribution in [0.25, 0.3) is 0 Å². The fourth-order valence-corrected chi connectivity index (χ4v) is 3.17. The van der Waals surface area contributed by atoms with Crippen LogP contribution >= 0.6 is 0 Å². The second-order valence-electron chi connectivity index (χ2n) is 6.33. The van der Waals surface area contributed by atoms with Gasteiger partial charge in [-0.05, 0) is 58.7 Å². The van der Waals surface area contributed by atoms with Gasteiger partial charge in [0.15, 0.2) is 0 Å². The normalized spacial score (nSPS) is 19.7. The second-order valence-corrected chi connectivity index (χ2v) is 6.33. The molecule has 0 aromatic heterocycles. The summed E-state index contributed by atoms with van der Waals surface area (Å²) in [5, 5.41) is 3.63. The van der Waals surface area contributed by atoms with Crippen molar-refractivity contribution >= 4 is 5.69 Å². The van der Waals surface area contributed by atoms with Crippen molar-refractivity contribution in [2.75, 3.05) is 24.5 Å². The van der Waals surface area contributed by atoms with E-state index in [1.807, 2.05) is 0 Å². The fraction of sp³-hybridized carbons (Fsp3) is 0.625. The Morgan fingerprint density at radius 2 is 1.72 bits per heavy atom. The van der Waals surface area contributed by atoms with Gasteiger partial charge in [0.2, 0.25) is 0 Å². The number of hydrogen-bond donors (Lipinski definition) is 1. The maximum Gasteiger partial charge on any atom is 0.0426 e. The van der Waals surface area contributed by atoms with Crippen LogP contribution in [0.2, 0.25) is 0 Å². The minimum absolute atomic E-state index is 0.195. The topological polar surface area (TPSA) is 15.3 Å². The third-order valence-corrected chi connectivity index (χ3v) is 3.75. The molecule has 2 nitrogen and oxygen atoms in total. The lowest BCUT2D eigenvalue weighted by molar-refractivity contribution is 0.416. The maximum absolute atomic E-state index is 3.63. The molecule has 1 saturated heterocycles. The van der Waals surface area contributed by atoms with Crippen LogP contribution in [-0.2, 0) is 0 Å². The van der Waals surface area contributed by atoms with Crippen molar-refractivity contribution < 1.29 is 0 Å². The Hall–Kier alpha value is -1.02. The van der Waals surface area contributed by atoms with Gasteiger partial charge in [-0.1, -0.05) is 17.7 Å². The van der Waals surface area contributed by atoms with Crippen LogP contribution in [0.1, 0.15) is 37.0 Å². The van der Waals surface area contributed by atoms with Crippen molar-refractivity contribution in [2.24, 2.45) is 0 Å². The van der Waals surface area contributed by atoms with E-state index in [2.05, 4.69) is 57.0 Å². The maximum atomic E-state index is 3.63. The standard InChI is InChI=1S/C16H26N2/c1-12-9-13(2)15(14(3)10-12)18-8-6-7-17-16(4,5)11-18/h9-10,17H,6-8,11H2,1-5H3. The monoisotopic (exact) mass is 246 g/mol. The zero-order chi connectivity index (χ0) is 13.3. The van der Waals surface area contributed by atoms with Crippen molar-refractivity contribution in [3.63, 3.8) is 0 Å². The smallest absolute Gasteiger partial charge is 0.0426 e. The van der Waals surface area contributed by atoms with E-state index >= 15 is 0 Å². The van der Waals surface area contributed by atoms with E-state index in [1.54, 1.807) is 0 Å². The average Bonchev–Trinajstić information content (AvgIpc) is 2.37. The van der Waals surface area contributed by atoms with Crippen LogP contribution in [0, 0.1) is 20.8 Å². The summed E-state index contributed by atoms with van der Waals surface area (Å²) < 4.78 is 0. The molecule has 1 aliphatic rings. The molecule has 0 amide bonds. The van der Waals surface area contributed by atoms with E-state index in [0.717, 1.165) is 19.6 Å². The Bertz CT molecular complexity index is 412. The molecule has 1 aromatic carbocycles. The largest absolute Gasteiger partial charge is 0.369 e. The van der Waals surface area contributed by atoms with E-state index in [4.69, 9.17) is 0 Å². The van der Waals surface area contributed by atoms with Gasteiger partial charge in [-0.15, -0.1) is 0 Å². The van der Waals surface area contributed by atoms with Gasteiger partial charge < -0.3 is 10.2 Å². The third-order valence-electron chi connectivity index (χ3n) is 3.75. The highest BCUT2D eigenvalue weighted by atomic mass is 15.2. The number of aryl methyl sites for hydroxylation is 3. The number of anilines is 1. The summed E-state index contributed by atoms with van der Waals surface area (Å²) in [4.78, 5) is 2.56. The molecule has 1 N–H and O–H groups in total. The molecular weight excluding hydrogens is 220 g/mol. The minimum atomic E-state index is 0.195. The lowest BCUT2D eigenvalue weighted by atomic mass is 10.0. The molecule has 0 radical (unpaired) electrons. The van der Waals surface area contributed by atoms with Crippen LogP contribution in [0.3, 0.4) is 0 Å². The van der Waals surface area contributed by atoms with E-state index in [0.29, 0.717) is 0 Å². The zero-order valence-corrected chi connectivity index (χ0v) is 12.4. The first-order valence-electron chi connectivity index (χ1n) is 6.97. The third kappa shape index (κ3) is 2.86. The molecule has 0 saturated carbocycles. The number of nitrogens with one attached hydrogen (secondary N) is 1. The summed E-state index contributed by atoms with van der Waals surface area (Å²) in [6.45, 7) is 14.6. The quantitative estimate of drug-likeness (QED) is 0.818. The summed E-state index contributed by atoms with van der Waals surface area (Å²) in [6, 6.07) is 4.60. The Labute approximate surface area is 111 Å². The van der Waals surface area contributed by atoms with E-state index in [-0.39, 0.29) is 5.54 Å². The molecule has 1 aromatic rings. The summed E-state index contributed by atoms with van der Waals surface area (Å²) in [5.74, 6) is 0. The van der Waals surface area contributed by atoms with Crippen molar-refractivity contribution in [1.82, 2.24) is 5.32 Å². The van der Waals surface area contributed by atoms with Gasteiger partial charge in [-0.25, -0.2) is 0 Å². The Morgan fingerprint density at radius 1 is 1.11 bits per heavy atom. The van der Waals surface area contributed by atoms with E-state index < -0.39 is 0 Å². The summed E-state index contributed by atoms with van der Waals surface area (Å²) >= 11 is 0. The first-order valence-corrected chi connectivity index (χ1v) is 6.97. The van der Waals surface area contributed by atoms with Gasteiger partial charge in [0.05, 0.1) is 0 Å². The summed E-state index contributed by atoms with van der Waals surface area (Å²) in [5.41, 5.74) is 5.81. The van der Waals surface area contributed by atoms with Gasteiger partial charge >= 0.3 is 0 Å². The predicted octanol–water partition coefficient (Wildman–Crippen LogP) is 3.19. The number of hydrogen-bond acceptors (Lipinski definition) is 2. The molecule has 2 rings (SSSR count). The van der Waals surface area contributed by atoms with Gasteiger partial charge in [0.1, 0.15) is 0 Å². The SMILES string of the molecule is Cc1cc(C)c(N2CCCNC(C)(C)C2)c(C)c1. The van der Waals surface area contributed by atoms with Gasteiger partial charge in [0, 0.05) is 24.3 Å². The average molecular weight is 246 g/mol. The van der Waals surface area contributed by atoms with E-state index in [1.165, 1.54) is 28.8 Å². The fourth-order valence-electron chi connectivity index (χ4n) is 3.17. The van der Waals surface area contributed by atoms with Crippen LogP contribution in [0.4, 0.5) is 5.69 Å². The van der Waals surface area contributed by atoms with Crippen LogP contribution in [-0.4, -0.2) is 25.2 Å². The van der Waals surface area contributed by atoms with Crippen molar-refractivity contribution in [2.45, 2.75) is 46.6 Å². The highest BCUT2D eigenvalue weighted by Gasteiger charge is 2.25. The molecule has 0 spiro atoms. The Kier molecular flexibility index (Phi) is 3.67. The van der Waals surface area contributed by atoms with Crippen LogP contribution < -0.4 is 10.2 Å². The second kappa shape index (κ2) is 4.93. The van der Waals surface area contributed by atoms with Crippen molar-refractivity contribution in [3.8, 4) is 0 Å². The minimum Gasteiger partial charge on any atom is -0.369 e. The zero-order valence-electron chi connectivity index (χ0n) is 12.4. The molecule has 2 heteroatoms. The number of benzene rings is 1. The number of rotatable bonds is 1. The first kappa shape index (κ1) is 13.4. The molecule has 0 atom stereocenters. The van der Waals surface area contributed by atoms with Gasteiger partial charge in [-0.2, -0.15) is 0 Å². The number of nitrogens with zero attached hydrogens (tertiary/aromatic N) is 1. The molecule has 1 heterocycles. The van der Waals surface area contributed by atoms with Crippen LogP contribution in [0.15, 0.2) is 12.1 Å². The van der Waals surface area contributed by atoms with E-state index in [9.17, 15) is 0 Å². The lowest BCUT2D eigenvalue weighted by Crippen LogP contribution is -2.46. The Morgan fingerprint density at radius 3 is 2.33 bits per heavy atom. The molecule has 0 bridgehead atoms. The highest BCUT2D eigenvalue weighted by Crippen LogP contribution is 2.28. The molecular formula is C16H26N2. The molecule has 0 unspecified atom stereocenters. The lowest BCUT2D eigenvalue weighted by Gasteiger charge is -2.33. The molecule has 18 heavy (non-hydrogen) atoms.